The number of hydrogen-bond acceptors (Lipinski definition) is 2. The van der Waals surface area contributed by atoms with E-state index in [0.29, 0.717) is 23.8 Å². The van der Waals surface area contributed by atoms with Gasteiger partial charge in [-0.15, -0.1) is 0 Å². The third-order valence-electron chi connectivity index (χ3n) is 6.56. The van der Waals surface area contributed by atoms with Gasteiger partial charge < -0.3 is 4.74 Å². The van der Waals surface area contributed by atoms with E-state index in [1.54, 1.807) is 0 Å². The summed E-state index contributed by atoms with van der Waals surface area (Å²) in [6.45, 7) is 7.41. The molecule has 0 radical (unpaired) electrons. The second-order valence-electron chi connectivity index (χ2n) is 8.76. The zero-order valence-corrected chi connectivity index (χ0v) is 18.3. The van der Waals surface area contributed by atoms with Gasteiger partial charge in [0.1, 0.15) is 11.8 Å². The molecule has 1 fully saturated rings. The summed E-state index contributed by atoms with van der Waals surface area (Å²) in [7, 11) is 0. The van der Waals surface area contributed by atoms with Crippen molar-refractivity contribution in [1.29, 1.82) is 5.26 Å². The molecule has 29 heavy (non-hydrogen) atoms. The van der Waals surface area contributed by atoms with Gasteiger partial charge >= 0.3 is 0 Å². The third-order valence-corrected chi connectivity index (χ3v) is 6.56. The minimum absolute atomic E-state index is 0.611. The fraction of sp³-hybridized carbons (Fsp3) is 0.519. The summed E-state index contributed by atoms with van der Waals surface area (Å²) in [6.07, 6.45) is 9.05. The molecule has 154 valence electrons. The van der Waals surface area contributed by atoms with Crippen LogP contribution in [0.1, 0.15) is 82.8 Å². The Bertz CT molecular complexity index is 809. The summed E-state index contributed by atoms with van der Waals surface area (Å²) < 4.78 is 5.68. The summed E-state index contributed by atoms with van der Waals surface area (Å²) >= 11 is 0. The largest absolute Gasteiger partial charge is 0.492 e. The van der Waals surface area contributed by atoms with E-state index in [0.717, 1.165) is 29.4 Å². The van der Waals surface area contributed by atoms with Gasteiger partial charge in [0, 0.05) is 0 Å². The van der Waals surface area contributed by atoms with Crippen LogP contribution in [-0.4, -0.2) is 6.61 Å². The highest BCUT2D eigenvalue weighted by Gasteiger charge is 2.23. The van der Waals surface area contributed by atoms with Crippen LogP contribution in [0.15, 0.2) is 42.5 Å². The molecular weight excluding hydrogens is 354 g/mol. The number of rotatable bonds is 8. The van der Waals surface area contributed by atoms with Crippen molar-refractivity contribution in [3.05, 3.63) is 53.6 Å². The number of hydrogen-bond donors (Lipinski definition) is 0. The molecular formula is C27H35NO. The lowest BCUT2D eigenvalue weighted by Crippen LogP contribution is -2.15. The zero-order valence-electron chi connectivity index (χ0n) is 18.3. The molecule has 0 heterocycles. The lowest BCUT2D eigenvalue weighted by Gasteiger charge is -2.30. The van der Waals surface area contributed by atoms with E-state index < -0.39 is 0 Å². The van der Waals surface area contributed by atoms with Gasteiger partial charge in [0.25, 0.3) is 0 Å². The first-order chi connectivity index (χ1) is 14.1. The molecule has 0 N–H and O–H groups in total. The average molecular weight is 390 g/mol. The van der Waals surface area contributed by atoms with E-state index in [1.807, 2.05) is 12.1 Å². The molecule has 1 aliphatic carbocycles. The molecule has 0 saturated heterocycles. The molecule has 1 aliphatic rings. The molecule has 1 atom stereocenters. The summed E-state index contributed by atoms with van der Waals surface area (Å²) in [5.41, 5.74) is 4.32. The van der Waals surface area contributed by atoms with Gasteiger partial charge in [-0.3, -0.25) is 0 Å². The number of nitriles is 1. The second kappa shape index (κ2) is 10.5. The topological polar surface area (TPSA) is 33.0 Å². The summed E-state index contributed by atoms with van der Waals surface area (Å²) in [5, 5.41) is 9.47. The SMILES string of the molecule is CCCOc1ccc(-c2ccc(C3CCC(CC(C)CC)CC3)cc2)cc1C#N. The van der Waals surface area contributed by atoms with Crippen LogP contribution >= 0.6 is 0 Å². The highest BCUT2D eigenvalue weighted by molar-refractivity contribution is 5.67. The molecule has 0 spiro atoms. The van der Waals surface area contributed by atoms with Crippen LogP contribution in [0.4, 0.5) is 0 Å². The fourth-order valence-corrected chi connectivity index (χ4v) is 4.55. The first-order valence-corrected chi connectivity index (χ1v) is 11.4. The third kappa shape index (κ3) is 5.63. The molecule has 2 heteroatoms. The summed E-state index contributed by atoms with van der Waals surface area (Å²) in [5.74, 6) is 3.19. The van der Waals surface area contributed by atoms with Crippen molar-refractivity contribution in [2.45, 2.75) is 71.6 Å². The highest BCUT2D eigenvalue weighted by Crippen LogP contribution is 2.39. The second-order valence-corrected chi connectivity index (χ2v) is 8.76. The van der Waals surface area contributed by atoms with Crippen LogP contribution in [0.5, 0.6) is 5.75 Å². The summed E-state index contributed by atoms with van der Waals surface area (Å²) in [4.78, 5) is 0. The first kappa shape index (κ1) is 21.4. The highest BCUT2D eigenvalue weighted by atomic mass is 16.5. The lowest BCUT2D eigenvalue weighted by molar-refractivity contribution is 0.273. The quantitative estimate of drug-likeness (QED) is 0.463. The molecule has 3 rings (SSSR count). The molecule has 1 unspecified atom stereocenters. The van der Waals surface area contributed by atoms with Gasteiger partial charge in [0.15, 0.2) is 0 Å². The smallest absolute Gasteiger partial charge is 0.137 e. The van der Waals surface area contributed by atoms with E-state index in [-0.39, 0.29) is 0 Å². The van der Waals surface area contributed by atoms with Crippen molar-refractivity contribution in [2.24, 2.45) is 11.8 Å². The molecule has 0 aromatic heterocycles. The van der Waals surface area contributed by atoms with Crippen LogP contribution in [-0.2, 0) is 0 Å². The van der Waals surface area contributed by atoms with Crippen LogP contribution in [0.3, 0.4) is 0 Å². The maximum atomic E-state index is 9.47. The van der Waals surface area contributed by atoms with E-state index >= 15 is 0 Å². The maximum absolute atomic E-state index is 9.47. The Morgan fingerprint density at radius 2 is 1.69 bits per heavy atom. The predicted octanol–water partition coefficient (Wildman–Crippen LogP) is 7.72. The lowest BCUT2D eigenvalue weighted by atomic mass is 9.75. The Morgan fingerprint density at radius 1 is 1.00 bits per heavy atom. The van der Waals surface area contributed by atoms with Crippen molar-refractivity contribution in [3.63, 3.8) is 0 Å². The Morgan fingerprint density at radius 3 is 2.31 bits per heavy atom. The van der Waals surface area contributed by atoms with Crippen LogP contribution in [0, 0.1) is 23.2 Å². The zero-order chi connectivity index (χ0) is 20.6. The number of benzene rings is 2. The molecule has 2 nitrogen and oxygen atoms in total. The van der Waals surface area contributed by atoms with E-state index in [1.165, 1.54) is 44.1 Å². The Kier molecular flexibility index (Phi) is 7.76. The standard InChI is InChI=1S/C27H35NO/c1-4-16-29-27-15-14-25(18-26(27)19-28)24-12-10-23(11-13-24)22-8-6-21(7-9-22)17-20(3)5-2/h10-15,18,20-22H,4-9,16-17H2,1-3H3. The molecule has 2 aromatic carbocycles. The molecule has 0 aliphatic heterocycles. The normalized spacial score (nSPS) is 20.1. The van der Waals surface area contributed by atoms with Crippen molar-refractivity contribution in [3.8, 4) is 22.9 Å². The molecule has 0 amide bonds. The van der Waals surface area contributed by atoms with Crippen molar-refractivity contribution >= 4 is 0 Å². The van der Waals surface area contributed by atoms with Crippen molar-refractivity contribution in [2.75, 3.05) is 6.61 Å². The monoisotopic (exact) mass is 389 g/mol. The Hall–Kier alpha value is -2.27. The fourth-order valence-electron chi connectivity index (χ4n) is 4.55. The Balaban J connectivity index is 1.64. The van der Waals surface area contributed by atoms with Crippen LogP contribution < -0.4 is 4.74 Å². The van der Waals surface area contributed by atoms with Gasteiger partial charge in [-0.2, -0.15) is 5.26 Å². The van der Waals surface area contributed by atoms with Crippen LogP contribution in [0.2, 0.25) is 0 Å². The minimum Gasteiger partial charge on any atom is -0.492 e. The van der Waals surface area contributed by atoms with Gasteiger partial charge in [-0.25, -0.2) is 0 Å². The van der Waals surface area contributed by atoms with Crippen molar-refractivity contribution < 1.29 is 4.74 Å². The van der Waals surface area contributed by atoms with Crippen LogP contribution in [0.25, 0.3) is 11.1 Å². The minimum atomic E-state index is 0.611. The van der Waals surface area contributed by atoms with Crippen molar-refractivity contribution in [1.82, 2.24) is 0 Å². The van der Waals surface area contributed by atoms with E-state index in [4.69, 9.17) is 4.74 Å². The van der Waals surface area contributed by atoms with E-state index in [9.17, 15) is 5.26 Å². The summed E-state index contributed by atoms with van der Waals surface area (Å²) in [6, 6.07) is 17.2. The molecule has 0 bridgehead atoms. The van der Waals surface area contributed by atoms with Gasteiger partial charge in [0.2, 0.25) is 0 Å². The Labute approximate surface area is 176 Å². The predicted molar refractivity (Wildman–Crippen MR) is 121 cm³/mol. The first-order valence-electron chi connectivity index (χ1n) is 11.4. The van der Waals surface area contributed by atoms with E-state index in [2.05, 4.69) is 57.2 Å². The van der Waals surface area contributed by atoms with Gasteiger partial charge in [-0.05, 0) is 85.1 Å². The van der Waals surface area contributed by atoms with Gasteiger partial charge in [-0.1, -0.05) is 57.5 Å². The number of ether oxygens (including phenoxy) is 1. The molecule has 1 saturated carbocycles. The number of nitrogens with zero attached hydrogens (tertiary/aromatic N) is 1. The average Bonchev–Trinajstić information content (AvgIpc) is 2.78. The maximum Gasteiger partial charge on any atom is 0.137 e. The molecule has 2 aromatic rings. The van der Waals surface area contributed by atoms with Gasteiger partial charge in [0.05, 0.1) is 12.2 Å².